The summed E-state index contributed by atoms with van der Waals surface area (Å²) in [5.41, 5.74) is 5.73. The monoisotopic (exact) mass is 551 g/mol. The van der Waals surface area contributed by atoms with Crippen molar-refractivity contribution >= 4 is 45.9 Å². The number of aromatic nitrogens is 3. The maximum atomic E-state index is 14.0. The van der Waals surface area contributed by atoms with Crippen LogP contribution in [0.1, 0.15) is 44.4 Å². The van der Waals surface area contributed by atoms with Crippen molar-refractivity contribution in [1.29, 1.82) is 0 Å². The van der Waals surface area contributed by atoms with E-state index < -0.39 is 35.5 Å². The number of halogens is 2. The number of hydrogen-bond acceptors (Lipinski definition) is 9. The van der Waals surface area contributed by atoms with Crippen LogP contribution in [0.3, 0.4) is 0 Å². The largest absolute Gasteiger partial charge is 0.480 e. The molecule has 37 heavy (non-hydrogen) atoms. The lowest BCUT2D eigenvalue weighted by Crippen LogP contribution is -2.17. The summed E-state index contributed by atoms with van der Waals surface area (Å²) in [5.74, 6) is -3.47. The fourth-order valence-electron chi connectivity index (χ4n) is 3.30. The van der Waals surface area contributed by atoms with Gasteiger partial charge in [0, 0.05) is 12.6 Å². The molecule has 14 heteroatoms. The maximum absolute atomic E-state index is 14.0. The van der Waals surface area contributed by atoms with E-state index in [0.717, 1.165) is 29.2 Å². The van der Waals surface area contributed by atoms with Crippen molar-refractivity contribution < 1.29 is 32.6 Å². The van der Waals surface area contributed by atoms with Gasteiger partial charge in [-0.15, -0.1) is 28.1 Å². The van der Waals surface area contributed by atoms with Crippen molar-refractivity contribution in [3.05, 3.63) is 64.3 Å². The molecule has 1 unspecified atom stereocenters. The number of nitrogens with zero attached hydrogens (tertiary/aromatic N) is 3. The van der Waals surface area contributed by atoms with Gasteiger partial charge in [-0.25, -0.2) is 13.6 Å². The molecule has 0 spiro atoms. The minimum absolute atomic E-state index is 0.0516. The lowest BCUT2D eigenvalue weighted by Gasteiger charge is -2.16. The van der Waals surface area contributed by atoms with E-state index in [2.05, 4.69) is 22.1 Å². The summed E-state index contributed by atoms with van der Waals surface area (Å²) >= 11 is 1.92. The van der Waals surface area contributed by atoms with Crippen molar-refractivity contribution in [2.24, 2.45) is 5.73 Å². The first-order valence-corrected chi connectivity index (χ1v) is 12.5. The maximum Gasteiger partial charge on any atom is 0.341 e. The van der Waals surface area contributed by atoms with Gasteiger partial charge < -0.3 is 20.5 Å². The summed E-state index contributed by atoms with van der Waals surface area (Å²) in [7, 11) is 1.18. The molecule has 0 aliphatic rings. The van der Waals surface area contributed by atoms with E-state index >= 15 is 0 Å². The number of carbonyl (C=O) groups excluding carboxylic acids is 3. The Hall–Kier alpha value is -3.78. The molecule has 1 aromatic carbocycles. The number of nitrogens with two attached hydrogens (primary N) is 1. The van der Waals surface area contributed by atoms with E-state index in [9.17, 15) is 23.2 Å². The second kappa shape index (κ2) is 12.0. The standard InChI is InChI=1S/C23H23F2N5O5S2/c1-5-8-30-20(12(3)35-15-7-6-13(24)9-14(15)25)28-29-23(30)36-10-16(31)27-21-17(22(33)34-4)11(2)18(37-21)19(26)32/h5-7,9,12H,1,8,10H2,2-4H3,(H2,26,32)(H,27,31). The summed E-state index contributed by atoms with van der Waals surface area (Å²) in [6.45, 7) is 7.13. The molecule has 0 fully saturated rings. The number of allylic oxidation sites excluding steroid dienone is 1. The number of carbonyl (C=O) groups is 3. The van der Waals surface area contributed by atoms with Crippen molar-refractivity contribution in [1.82, 2.24) is 14.8 Å². The van der Waals surface area contributed by atoms with Crippen LogP contribution in [0.5, 0.6) is 5.75 Å². The van der Waals surface area contributed by atoms with E-state index in [1.54, 1.807) is 17.6 Å². The van der Waals surface area contributed by atoms with Gasteiger partial charge in [-0.05, 0) is 31.5 Å². The average Bonchev–Trinajstić information content (AvgIpc) is 3.39. The molecule has 3 rings (SSSR count). The van der Waals surface area contributed by atoms with Gasteiger partial charge in [0.15, 0.2) is 28.7 Å². The molecule has 3 N–H and O–H groups in total. The van der Waals surface area contributed by atoms with Crippen LogP contribution in [0.15, 0.2) is 36.0 Å². The van der Waals surface area contributed by atoms with Crippen LogP contribution in [0.2, 0.25) is 0 Å². The van der Waals surface area contributed by atoms with Crippen LogP contribution in [-0.2, 0) is 16.1 Å². The SMILES string of the molecule is C=CCn1c(SCC(=O)Nc2sc(C(N)=O)c(C)c2C(=O)OC)nnc1C(C)Oc1ccc(F)cc1F. The highest BCUT2D eigenvalue weighted by molar-refractivity contribution is 7.99. The Morgan fingerprint density at radius 3 is 2.68 bits per heavy atom. The van der Waals surface area contributed by atoms with E-state index in [4.69, 9.17) is 15.2 Å². The van der Waals surface area contributed by atoms with Crippen LogP contribution in [0.4, 0.5) is 13.8 Å². The van der Waals surface area contributed by atoms with Crippen molar-refractivity contribution in [3.8, 4) is 5.75 Å². The Kier molecular flexibility index (Phi) is 8.99. The van der Waals surface area contributed by atoms with Crippen molar-refractivity contribution in [2.45, 2.75) is 31.7 Å². The normalized spacial score (nSPS) is 11.6. The highest BCUT2D eigenvalue weighted by Gasteiger charge is 2.26. The Labute approximate surface area is 218 Å². The number of nitrogens with one attached hydrogen (secondary N) is 1. The Bertz CT molecular complexity index is 1360. The minimum Gasteiger partial charge on any atom is -0.480 e. The van der Waals surface area contributed by atoms with E-state index in [-0.39, 0.29) is 33.5 Å². The van der Waals surface area contributed by atoms with Gasteiger partial charge in [0.25, 0.3) is 5.91 Å². The summed E-state index contributed by atoms with van der Waals surface area (Å²) in [5, 5.41) is 11.3. The van der Waals surface area contributed by atoms with Crippen LogP contribution >= 0.6 is 23.1 Å². The van der Waals surface area contributed by atoms with Crippen LogP contribution < -0.4 is 15.8 Å². The number of hydrogen-bond donors (Lipinski definition) is 2. The fourth-order valence-corrected chi connectivity index (χ4v) is 5.12. The molecule has 2 aromatic heterocycles. The smallest absolute Gasteiger partial charge is 0.341 e. The number of esters is 1. The Morgan fingerprint density at radius 2 is 2.05 bits per heavy atom. The number of thioether (sulfide) groups is 1. The second-order valence-corrected chi connectivity index (χ2v) is 9.49. The second-order valence-electron chi connectivity index (χ2n) is 7.53. The first kappa shape index (κ1) is 27.8. The number of thiophene rings is 1. The summed E-state index contributed by atoms with van der Waals surface area (Å²) in [6.07, 6.45) is 0.824. The number of amides is 2. The highest BCUT2D eigenvalue weighted by atomic mass is 32.2. The molecule has 3 aromatic rings. The third-order valence-electron chi connectivity index (χ3n) is 4.96. The first-order chi connectivity index (χ1) is 17.6. The summed E-state index contributed by atoms with van der Waals surface area (Å²) in [6, 6.07) is 2.96. The van der Waals surface area contributed by atoms with Gasteiger partial charge in [0.1, 0.15) is 10.8 Å². The molecule has 1 atom stereocenters. The van der Waals surface area contributed by atoms with Crippen molar-refractivity contribution in [3.63, 3.8) is 0 Å². The molecule has 0 saturated carbocycles. The zero-order valence-corrected chi connectivity index (χ0v) is 21.7. The Balaban J connectivity index is 1.75. The lowest BCUT2D eigenvalue weighted by atomic mass is 10.1. The number of primary amides is 1. The topological polar surface area (TPSA) is 138 Å². The first-order valence-electron chi connectivity index (χ1n) is 10.7. The van der Waals surface area contributed by atoms with Gasteiger partial charge >= 0.3 is 5.97 Å². The molecule has 196 valence electrons. The highest BCUT2D eigenvalue weighted by Crippen LogP contribution is 2.34. The molecule has 2 heterocycles. The summed E-state index contributed by atoms with van der Waals surface area (Å²) < 4.78 is 39.2. The number of benzene rings is 1. The van der Waals surface area contributed by atoms with Crippen molar-refractivity contribution in [2.75, 3.05) is 18.2 Å². The quantitative estimate of drug-likeness (QED) is 0.208. The predicted molar refractivity (Wildman–Crippen MR) is 134 cm³/mol. The average molecular weight is 552 g/mol. The molecule has 2 amide bonds. The molecule has 0 aliphatic heterocycles. The number of ether oxygens (including phenoxy) is 2. The van der Waals surface area contributed by atoms with Gasteiger partial charge in [-0.2, -0.15) is 0 Å². The van der Waals surface area contributed by atoms with Gasteiger partial charge in [-0.1, -0.05) is 17.8 Å². The summed E-state index contributed by atoms with van der Waals surface area (Å²) in [4.78, 5) is 36.7. The zero-order valence-electron chi connectivity index (χ0n) is 20.0. The molecule has 0 saturated heterocycles. The van der Waals surface area contributed by atoms with Gasteiger partial charge in [0.05, 0.1) is 23.3 Å². The lowest BCUT2D eigenvalue weighted by molar-refractivity contribution is -0.113. The zero-order chi connectivity index (χ0) is 27.3. The minimum atomic E-state index is -0.859. The van der Waals surface area contributed by atoms with Crippen LogP contribution in [-0.4, -0.2) is 45.4 Å². The number of rotatable bonds is 11. The van der Waals surface area contributed by atoms with Gasteiger partial charge in [0.2, 0.25) is 5.91 Å². The van der Waals surface area contributed by atoms with E-state index in [1.165, 1.54) is 20.1 Å². The third-order valence-corrected chi connectivity index (χ3v) is 7.15. The van der Waals surface area contributed by atoms with E-state index in [1.807, 2.05) is 0 Å². The van der Waals surface area contributed by atoms with Crippen LogP contribution in [0, 0.1) is 18.6 Å². The molecular formula is C23H23F2N5O5S2. The molecule has 0 radical (unpaired) electrons. The number of anilines is 1. The van der Waals surface area contributed by atoms with E-state index in [0.29, 0.717) is 22.6 Å². The predicted octanol–water partition coefficient (Wildman–Crippen LogP) is 3.87. The number of methoxy groups -OCH3 is 1. The Morgan fingerprint density at radius 1 is 1.32 bits per heavy atom. The molecule has 0 bridgehead atoms. The van der Waals surface area contributed by atoms with Gasteiger partial charge in [-0.3, -0.25) is 14.2 Å². The molecule has 10 nitrogen and oxygen atoms in total. The fraction of sp³-hybridized carbons (Fsp3) is 0.261. The van der Waals surface area contributed by atoms with Crippen LogP contribution in [0.25, 0.3) is 0 Å². The third kappa shape index (κ3) is 6.32. The molecular weight excluding hydrogens is 528 g/mol. The molecule has 0 aliphatic carbocycles.